The Kier molecular flexibility index (Phi) is 38.3. The lowest BCUT2D eigenvalue weighted by atomic mass is 10.1. The summed E-state index contributed by atoms with van der Waals surface area (Å²) in [6, 6.07) is 63.0. The van der Waals surface area contributed by atoms with Crippen LogP contribution in [0.4, 0.5) is 28.4 Å². The molecule has 10 aromatic rings. The molecule has 0 saturated heterocycles. The summed E-state index contributed by atoms with van der Waals surface area (Å²) in [7, 11) is 0. The molecule has 10 aromatic carbocycles. The number of hydrogen-bond donors (Lipinski definition) is 5. The van der Waals surface area contributed by atoms with Crippen LogP contribution in [0.3, 0.4) is 0 Å². The highest BCUT2D eigenvalue weighted by molar-refractivity contribution is 14.1. The molecule has 0 amide bonds. The Morgan fingerprint density at radius 1 is 0.319 bits per heavy atom. The van der Waals surface area contributed by atoms with Crippen molar-refractivity contribution in [1.82, 2.24) is 0 Å². The fourth-order valence-corrected chi connectivity index (χ4v) is 13.3. The van der Waals surface area contributed by atoms with Gasteiger partial charge in [0, 0.05) is 64.3 Å². The Labute approximate surface area is 723 Å². The first-order valence-electron chi connectivity index (χ1n) is 39.0. The Morgan fingerprint density at radius 2 is 0.584 bits per heavy atom. The highest BCUT2D eigenvalue weighted by Crippen LogP contribution is 2.42. The summed E-state index contributed by atoms with van der Waals surface area (Å²) in [6.45, 7) is 38.0. The third-order valence-corrected chi connectivity index (χ3v) is 21.8. The van der Waals surface area contributed by atoms with Crippen molar-refractivity contribution in [2.75, 3.05) is 26.6 Å². The number of hydrogen-bond acceptors (Lipinski definition) is 10. The molecule has 0 unspecified atom stereocenters. The Morgan fingerprint density at radius 3 is 0.903 bits per heavy atom. The van der Waals surface area contributed by atoms with Gasteiger partial charge in [-0.25, -0.2) is 0 Å². The molecule has 1 aliphatic rings. The molecule has 1 fully saturated rings. The summed E-state index contributed by atoms with van der Waals surface area (Å²) >= 11 is 32.4. The second-order valence-corrected chi connectivity index (χ2v) is 33.2. The van der Waals surface area contributed by atoms with E-state index in [1.165, 1.54) is 66.5 Å². The van der Waals surface area contributed by atoms with Crippen molar-refractivity contribution in [3.8, 4) is 28.7 Å². The summed E-state index contributed by atoms with van der Waals surface area (Å²) in [6.07, 6.45) is 7.78. The van der Waals surface area contributed by atoms with Gasteiger partial charge in [0.05, 0.1) is 24.9 Å². The van der Waals surface area contributed by atoms with Gasteiger partial charge in [-0.05, 0) is 273 Å². The number of benzene rings is 10. The highest BCUT2D eigenvalue weighted by Gasteiger charge is 2.25. The third-order valence-electron chi connectivity index (χ3n) is 18.7. The molecule has 5 N–H and O–H groups in total. The Hall–Kier alpha value is -8.14. The molecule has 113 heavy (non-hydrogen) atoms. The molecule has 0 spiro atoms. The Balaban J connectivity index is 0.000000196. The van der Waals surface area contributed by atoms with Crippen LogP contribution in [0.25, 0.3) is 0 Å². The minimum atomic E-state index is 0.506. The van der Waals surface area contributed by atoms with Gasteiger partial charge in [0.15, 0.2) is 0 Å². The second kappa shape index (κ2) is 47.0. The van der Waals surface area contributed by atoms with Crippen LogP contribution >= 0.6 is 99.6 Å². The van der Waals surface area contributed by atoms with Crippen molar-refractivity contribution in [1.29, 1.82) is 0 Å². The second-order valence-electron chi connectivity index (χ2n) is 28.6. The fraction of sp³-hybridized carbons (Fsp3) is 0.323. The largest absolute Gasteiger partial charge is 0.489 e. The van der Waals surface area contributed by atoms with Crippen molar-refractivity contribution in [2.24, 2.45) is 0 Å². The van der Waals surface area contributed by atoms with Crippen molar-refractivity contribution in [3.63, 3.8) is 0 Å². The SMILES string of the molecule is CCC(=S)Nc1cc(Br)ccc1COc1ccc(C)cc1C.CCC(=S)Nc1cc(C)ccc1COc1ccc(C)cc1C.CCC(=S)Nc1cc(C2CC2)ccc1COc1ccc(C)cc1C.CCC(=S)Nc1cc(CC)ccc1COc1ccc(C)cc1C.CCC(=S)Nc1cc(I)ccc1COc1ccc(C)cc1C. The normalized spacial score (nSPS) is 11.1. The van der Waals surface area contributed by atoms with Gasteiger partial charge in [-0.15, -0.1) is 0 Å². The van der Waals surface area contributed by atoms with Crippen molar-refractivity contribution in [2.45, 2.75) is 208 Å². The number of halogens is 2. The van der Waals surface area contributed by atoms with E-state index in [1.807, 2.05) is 55.5 Å². The maximum absolute atomic E-state index is 6.07. The van der Waals surface area contributed by atoms with Crippen LogP contribution in [-0.2, 0) is 39.5 Å². The van der Waals surface area contributed by atoms with Crippen molar-refractivity contribution in [3.05, 3.63) is 290 Å². The Bertz CT molecular complexity index is 4620. The number of aryl methyl sites for hydroxylation is 12. The van der Waals surface area contributed by atoms with Gasteiger partial charge in [0.1, 0.15) is 61.8 Å². The summed E-state index contributed by atoms with van der Waals surface area (Å²) in [5, 5.41) is 16.6. The van der Waals surface area contributed by atoms with E-state index in [-0.39, 0.29) is 0 Å². The summed E-state index contributed by atoms with van der Waals surface area (Å²) in [5.74, 6) is 5.37. The van der Waals surface area contributed by atoms with E-state index >= 15 is 0 Å². The lowest BCUT2D eigenvalue weighted by Gasteiger charge is -2.16. The van der Waals surface area contributed by atoms with Crippen LogP contribution in [0, 0.1) is 79.7 Å². The summed E-state index contributed by atoms with van der Waals surface area (Å²) < 4.78 is 32.2. The first-order valence-corrected chi connectivity index (χ1v) is 42.9. The molecule has 1 aliphatic carbocycles. The quantitative estimate of drug-likeness (QED) is 0.0249. The van der Waals surface area contributed by atoms with Gasteiger partial charge < -0.3 is 50.3 Å². The fourth-order valence-electron chi connectivity index (χ4n) is 11.9. The molecule has 0 radical (unpaired) electrons. The number of ether oxygens (including phenoxy) is 5. The highest BCUT2D eigenvalue weighted by atomic mass is 127. The number of nitrogens with one attached hydrogen (secondary N) is 5. The van der Waals surface area contributed by atoms with Crippen LogP contribution in [-0.4, -0.2) is 24.9 Å². The van der Waals surface area contributed by atoms with Gasteiger partial charge in [0.2, 0.25) is 0 Å². The lowest BCUT2D eigenvalue weighted by Crippen LogP contribution is -2.11. The van der Waals surface area contributed by atoms with E-state index in [2.05, 4.69) is 309 Å². The van der Waals surface area contributed by atoms with E-state index in [4.69, 9.17) is 84.8 Å². The predicted octanol–water partition coefficient (Wildman–Crippen LogP) is 28.3. The minimum absolute atomic E-state index is 0.506. The molecular weight excluding hydrogens is 1670 g/mol. The maximum Gasteiger partial charge on any atom is 0.122 e. The van der Waals surface area contributed by atoms with Gasteiger partial charge in [-0.2, -0.15) is 0 Å². The zero-order valence-electron chi connectivity index (χ0n) is 68.9. The van der Waals surface area contributed by atoms with E-state index in [1.54, 1.807) is 0 Å². The van der Waals surface area contributed by atoms with E-state index in [0.717, 1.165) is 181 Å². The predicted molar refractivity (Wildman–Crippen MR) is 513 cm³/mol. The molecular formula is C96H113BrIN5O5S5. The molecule has 0 bridgehead atoms. The molecule has 0 aromatic heterocycles. The first kappa shape index (κ1) is 92.0. The topological polar surface area (TPSA) is 106 Å². The maximum atomic E-state index is 6.07. The molecule has 596 valence electrons. The van der Waals surface area contributed by atoms with Gasteiger partial charge >= 0.3 is 0 Å². The molecule has 17 heteroatoms. The van der Waals surface area contributed by atoms with E-state index in [0.29, 0.717) is 33.0 Å². The first-order chi connectivity index (χ1) is 54.1. The van der Waals surface area contributed by atoms with Crippen LogP contribution < -0.4 is 50.3 Å². The number of rotatable bonds is 27. The van der Waals surface area contributed by atoms with E-state index < -0.39 is 0 Å². The molecule has 11 rings (SSSR count). The van der Waals surface area contributed by atoms with E-state index in [9.17, 15) is 0 Å². The standard InChI is InChI=1S/C21H25NOS.C20H25NOS.C19H23NOS.C18H20BrNOS.C18H20INOS/c1-4-21(24)22-19-12-17(16-6-7-16)8-9-18(19)13-23-20-10-5-14(2)11-15(20)3;1-5-16-8-9-17(18(12-16)21-20(23)6-2)13-22-19-10-7-14(3)11-15(19)4;1-5-19(22)20-17-11-14(3)6-8-16(17)12-21-18-9-7-13(2)10-15(18)4;2*1-4-18(22)20-16-10-15(19)7-6-14(16)11-21-17-8-5-12(2)9-13(17)3/h5,8-12,16H,4,6-7,13H2,1-3H3,(H,22,24);7-12H,5-6,13H2,1-4H3,(H,21,23);6-11H,5,12H2,1-4H3,(H,20,22);2*5-10H,4,11H2,1-3H3,(H,20,22). The molecule has 10 nitrogen and oxygen atoms in total. The molecule has 0 aliphatic heterocycles. The zero-order valence-corrected chi connectivity index (χ0v) is 76.8. The zero-order chi connectivity index (χ0) is 82.3. The lowest BCUT2D eigenvalue weighted by molar-refractivity contribution is 0.304. The summed E-state index contributed by atoms with van der Waals surface area (Å²) in [5.41, 5.74) is 26.7. The van der Waals surface area contributed by atoms with Crippen LogP contribution in [0.1, 0.15) is 193 Å². The molecule has 0 atom stereocenters. The third kappa shape index (κ3) is 31.2. The average molecular weight is 1780 g/mol. The number of thiocarbonyl (C=S) groups is 5. The van der Waals surface area contributed by atoms with Crippen LogP contribution in [0.5, 0.6) is 28.7 Å². The van der Waals surface area contributed by atoms with Gasteiger partial charge in [-0.1, -0.05) is 256 Å². The van der Waals surface area contributed by atoms with Gasteiger partial charge in [-0.3, -0.25) is 0 Å². The van der Waals surface area contributed by atoms with Crippen molar-refractivity contribution >= 4 is 153 Å². The smallest absolute Gasteiger partial charge is 0.122 e. The monoisotopic (exact) mass is 1780 g/mol. The number of anilines is 5. The van der Waals surface area contributed by atoms with Gasteiger partial charge in [0.25, 0.3) is 0 Å². The van der Waals surface area contributed by atoms with Crippen LogP contribution in [0.2, 0.25) is 0 Å². The molecule has 1 saturated carbocycles. The van der Waals surface area contributed by atoms with Crippen molar-refractivity contribution < 1.29 is 23.7 Å². The minimum Gasteiger partial charge on any atom is -0.489 e. The van der Waals surface area contributed by atoms with Crippen LogP contribution in [0.15, 0.2) is 186 Å². The summed E-state index contributed by atoms with van der Waals surface area (Å²) in [4.78, 5) is 4.24. The average Bonchev–Trinajstić information content (AvgIpc) is 1.72. The molecule has 0 heterocycles.